The van der Waals surface area contributed by atoms with Crippen LogP contribution >= 0.6 is 0 Å². The second-order valence-corrected chi connectivity index (χ2v) is 8.43. The Labute approximate surface area is 168 Å². The summed E-state index contributed by atoms with van der Waals surface area (Å²) in [7, 11) is -4.26. The lowest BCUT2D eigenvalue weighted by Gasteiger charge is -2.22. The number of hydrogen-bond donors (Lipinski definition) is 2. The minimum atomic E-state index is -4.26. The number of rotatable bonds is 6. The molecule has 2 N–H and O–H groups in total. The molecule has 1 aliphatic heterocycles. The monoisotopic (exact) mass is 420 g/mol. The Balaban J connectivity index is 2.08. The molecule has 1 aliphatic rings. The number of amides is 1. The van der Waals surface area contributed by atoms with Gasteiger partial charge in [0.1, 0.15) is 24.6 Å². The van der Waals surface area contributed by atoms with E-state index in [1.165, 1.54) is 6.07 Å². The number of hydrogen-bond acceptors (Lipinski definition) is 5. The minimum Gasteiger partial charge on any atom is -0.507 e. The summed E-state index contributed by atoms with van der Waals surface area (Å²) in [4.78, 5) is 11.7. The maximum atomic E-state index is 15.4. The fourth-order valence-electron chi connectivity index (χ4n) is 2.87. The number of nitrogens with one attached hydrogen (secondary N) is 1. The molecule has 154 valence electrons. The molecular formula is C20H21FN2O5S. The van der Waals surface area contributed by atoms with E-state index in [0.29, 0.717) is 4.31 Å². The Morgan fingerprint density at radius 2 is 2.00 bits per heavy atom. The fraction of sp³-hybridized carbons (Fsp3) is 0.250. The highest BCUT2D eigenvalue weighted by Crippen LogP contribution is 2.41. The van der Waals surface area contributed by atoms with Crippen LogP contribution < -0.4 is 13.8 Å². The van der Waals surface area contributed by atoms with Gasteiger partial charge in [-0.1, -0.05) is 42.0 Å². The Morgan fingerprint density at radius 1 is 1.31 bits per heavy atom. The molecule has 9 heteroatoms. The number of phenolic OH excluding ortho intramolecular Hbond substituents is 1. The van der Waals surface area contributed by atoms with Crippen LogP contribution in [0.1, 0.15) is 25.0 Å². The lowest BCUT2D eigenvalue weighted by Crippen LogP contribution is -2.30. The molecule has 0 unspecified atom stereocenters. The van der Waals surface area contributed by atoms with Gasteiger partial charge in [-0.25, -0.2) is 13.4 Å². The van der Waals surface area contributed by atoms with Gasteiger partial charge in [0.2, 0.25) is 0 Å². The average molecular weight is 420 g/mol. The van der Waals surface area contributed by atoms with Crippen LogP contribution in [0.25, 0.3) is 0 Å². The summed E-state index contributed by atoms with van der Waals surface area (Å²) in [5, 5.41) is 10.3. The van der Waals surface area contributed by atoms with Crippen molar-refractivity contribution in [2.24, 2.45) is 0 Å². The second-order valence-electron chi connectivity index (χ2n) is 6.83. The van der Waals surface area contributed by atoms with Crippen molar-refractivity contribution in [2.45, 2.75) is 26.9 Å². The number of carbonyl (C=O) groups excluding carboxylic acids is 1. The van der Waals surface area contributed by atoms with Crippen LogP contribution in [-0.2, 0) is 28.0 Å². The van der Waals surface area contributed by atoms with Gasteiger partial charge in [0.25, 0.3) is 5.91 Å². The Morgan fingerprint density at radius 3 is 2.59 bits per heavy atom. The van der Waals surface area contributed by atoms with Gasteiger partial charge in [-0.05, 0) is 25.8 Å². The molecule has 0 saturated carbocycles. The normalized spacial score (nSPS) is 15.1. The van der Waals surface area contributed by atoms with Gasteiger partial charge in [0.05, 0.1) is 0 Å². The van der Waals surface area contributed by atoms with Crippen LogP contribution in [0.3, 0.4) is 0 Å². The van der Waals surface area contributed by atoms with Gasteiger partial charge in [0.15, 0.2) is 11.6 Å². The highest BCUT2D eigenvalue weighted by Gasteiger charge is 2.38. The molecule has 1 heterocycles. The lowest BCUT2D eigenvalue weighted by molar-refractivity contribution is -0.117. The molecule has 7 nitrogen and oxygen atoms in total. The Hall–Kier alpha value is -3.07. The average Bonchev–Trinajstić information content (AvgIpc) is 2.92. The number of aromatic hydroxyl groups is 1. The highest BCUT2D eigenvalue weighted by molar-refractivity contribution is 7.92. The van der Waals surface area contributed by atoms with Crippen LogP contribution in [-0.4, -0.2) is 26.0 Å². The van der Waals surface area contributed by atoms with Gasteiger partial charge in [-0.3, -0.25) is 4.79 Å². The predicted molar refractivity (Wildman–Crippen MR) is 106 cm³/mol. The molecule has 0 radical (unpaired) electrons. The first-order valence-corrected chi connectivity index (χ1v) is 10.3. The first-order chi connectivity index (χ1) is 13.7. The second kappa shape index (κ2) is 8.12. The minimum absolute atomic E-state index is 0.0231. The van der Waals surface area contributed by atoms with E-state index in [1.54, 1.807) is 30.3 Å². The van der Waals surface area contributed by atoms with Crippen LogP contribution in [0.2, 0.25) is 0 Å². The van der Waals surface area contributed by atoms with Crippen LogP contribution in [0, 0.1) is 5.82 Å². The topological polar surface area (TPSA) is 95.9 Å². The molecule has 0 spiro atoms. The predicted octanol–water partition coefficient (Wildman–Crippen LogP) is 2.80. The zero-order valence-electron chi connectivity index (χ0n) is 16.0. The molecule has 0 aliphatic carbocycles. The number of ether oxygens (including phenoxy) is 1. The number of allylic oxidation sites excluding steroid dienone is 2. The first-order valence-electron chi connectivity index (χ1n) is 8.86. The molecule has 0 aromatic heterocycles. The molecule has 1 amide bonds. The number of anilines is 1. The smallest absolute Gasteiger partial charge is 0.326 e. The van der Waals surface area contributed by atoms with Crippen molar-refractivity contribution in [3.8, 4) is 11.5 Å². The summed E-state index contributed by atoms with van der Waals surface area (Å²) in [6.07, 6.45) is 1.76. The third-order valence-electron chi connectivity index (χ3n) is 4.30. The molecule has 2 aromatic rings. The zero-order chi connectivity index (χ0) is 21.2. The number of halogens is 1. The van der Waals surface area contributed by atoms with Gasteiger partial charge >= 0.3 is 10.2 Å². The number of carbonyl (C=O) groups is 1. The Kier molecular flexibility index (Phi) is 5.78. The largest absolute Gasteiger partial charge is 0.507 e. The summed E-state index contributed by atoms with van der Waals surface area (Å²) in [6, 6.07) is 10.2. The Bertz CT molecular complexity index is 1060. The van der Waals surface area contributed by atoms with E-state index >= 15 is 4.39 Å². The lowest BCUT2D eigenvalue weighted by atomic mass is 10.1. The van der Waals surface area contributed by atoms with Crippen molar-refractivity contribution in [1.29, 1.82) is 0 Å². The van der Waals surface area contributed by atoms with E-state index in [0.717, 1.165) is 11.1 Å². The first kappa shape index (κ1) is 20.7. The van der Waals surface area contributed by atoms with Crippen molar-refractivity contribution >= 4 is 21.8 Å². The number of phenols is 1. The maximum Gasteiger partial charge on any atom is 0.326 e. The summed E-state index contributed by atoms with van der Waals surface area (Å²) < 4.78 is 48.1. The fourth-order valence-corrected chi connectivity index (χ4v) is 4.03. The molecule has 1 fully saturated rings. The SMILES string of the molecule is CC(C)=CCc1c(O)cc(OCc2ccccc2)c(N2CC(=O)NS2(=O)=O)c1F. The van der Waals surface area contributed by atoms with E-state index in [9.17, 15) is 18.3 Å². The highest BCUT2D eigenvalue weighted by atomic mass is 32.2. The van der Waals surface area contributed by atoms with Crippen molar-refractivity contribution in [1.82, 2.24) is 4.72 Å². The third kappa shape index (κ3) is 4.51. The van der Waals surface area contributed by atoms with Gasteiger partial charge < -0.3 is 9.84 Å². The summed E-state index contributed by atoms with van der Waals surface area (Å²) >= 11 is 0. The standard InChI is InChI=1S/C20H21FN2O5S/c1-13(2)8-9-15-16(24)10-17(28-12-14-6-4-3-5-7-14)20(19(15)21)23-11-18(25)22-29(23,26)27/h3-8,10,24H,9,11-12H2,1-2H3,(H,22,25). The van der Waals surface area contributed by atoms with Crippen molar-refractivity contribution in [3.05, 3.63) is 65.0 Å². The quantitative estimate of drug-likeness (QED) is 0.701. The zero-order valence-corrected chi connectivity index (χ0v) is 16.8. The van der Waals surface area contributed by atoms with Crippen molar-refractivity contribution < 1.29 is 27.4 Å². The van der Waals surface area contributed by atoms with Crippen molar-refractivity contribution in [3.63, 3.8) is 0 Å². The molecular weight excluding hydrogens is 399 g/mol. The molecule has 3 rings (SSSR count). The number of nitrogens with zero attached hydrogens (tertiary/aromatic N) is 1. The van der Waals surface area contributed by atoms with Gasteiger partial charge in [-0.2, -0.15) is 8.42 Å². The third-order valence-corrected chi connectivity index (χ3v) is 5.68. The van der Waals surface area contributed by atoms with Crippen LogP contribution in [0.4, 0.5) is 10.1 Å². The van der Waals surface area contributed by atoms with E-state index < -0.39 is 34.2 Å². The maximum absolute atomic E-state index is 15.4. The van der Waals surface area contributed by atoms with E-state index in [2.05, 4.69) is 0 Å². The van der Waals surface area contributed by atoms with Gasteiger partial charge in [-0.15, -0.1) is 0 Å². The number of benzene rings is 2. The molecule has 2 aromatic carbocycles. The molecule has 1 saturated heterocycles. The molecule has 0 atom stereocenters. The van der Waals surface area contributed by atoms with E-state index in [1.807, 2.05) is 24.6 Å². The van der Waals surface area contributed by atoms with E-state index in [4.69, 9.17) is 4.74 Å². The van der Waals surface area contributed by atoms with Gasteiger partial charge in [0, 0.05) is 11.6 Å². The molecule has 0 bridgehead atoms. The van der Waals surface area contributed by atoms with Crippen LogP contribution in [0.5, 0.6) is 11.5 Å². The molecule has 29 heavy (non-hydrogen) atoms. The van der Waals surface area contributed by atoms with E-state index in [-0.39, 0.29) is 30.1 Å². The van der Waals surface area contributed by atoms with Crippen molar-refractivity contribution in [2.75, 3.05) is 10.8 Å². The summed E-state index contributed by atoms with van der Waals surface area (Å²) in [5.74, 6) is -2.27. The summed E-state index contributed by atoms with van der Waals surface area (Å²) in [6.45, 7) is 3.09. The summed E-state index contributed by atoms with van der Waals surface area (Å²) in [5.41, 5.74) is 1.18. The van der Waals surface area contributed by atoms with Crippen LogP contribution in [0.15, 0.2) is 48.0 Å².